The summed E-state index contributed by atoms with van der Waals surface area (Å²) in [5, 5.41) is 13.9. The predicted molar refractivity (Wildman–Crippen MR) is 93.7 cm³/mol. The van der Waals surface area contributed by atoms with Crippen LogP contribution in [0.1, 0.15) is 24.3 Å². The van der Waals surface area contributed by atoms with Gasteiger partial charge in [0.25, 0.3) is 5.91 Å². The van der Waals surface area contributed by atoms with Crippen molar-refractivity contribution in [2.24, 2.45) is 0 Å². The van der Waals surface area contributed by atoms with E-state index < -0.39 is 0 Å². The Morgan fingerprint density at radius 3 is 2.56 bits per heavy atom. The summed E-state index contributed by atoms with van der Waals surface area (Å²) in [7, 11) is 0. The number of rotatable bonds is 5. The summed E-state index contributed by atoms with van der Waals surface area (Å²) in [5.74, 6) is -0.196. The number of aryl methyl sites for hydroxylation is 1. The zero-order valence-corrected chi connectivity index (χ0v) is 13.9. The van der Waals surface area contributed by atoms with E-state index in [1.807, 2.05) is 37.3 Å². The molecule has 0 spiro atoms. The number of hydrogen-bond acceptors (Lipinski definition) is 4. The lowest BCUT2D eigenvalue weighted by atomic mass is 10.3. The van der Waals surface area contributed by atoms with E-state index in [9.17, 15) is 9.59 Å². The normalized spacial score (nSPS) is 10.5. The van der Waals surface area contributed by atoms with Gasteiger partial charge in [0.1, 0.15) is 5.82 Å². The van der Waals surface area contributed by atoms with Gasteiger partial charge in [-0.2, -0.15) is 10.2 Å². The van der Waals surface area contributed by atoms with Crippen LogP contribution < -0.4 is 10.6 Å². The molecule has 25 heavy (non-hydrogen) atoms. The number of carbonyl (C=O) groups is 2. The van der Waals surface area contributed by atoms with Crippen LogP contribution in [0.25, 0.3) is 5.69 Å². The van der Waals surface area contributed by atoms with E-state index in [1.54, 1.807) is 17.1 Å². The second-order valence-electron chi connectivity index (χ2n) is 5.38. The molecular formula is C17H18N6O2. The third-order valence-electron chi connectivity index (χ3n) is 3.46. The second-order valence-corrected chi connectivity index (χ2v) is 5.38. The van der Waals surface area contributed by atoms with E-state index in [2.05, 4.69) is 20.8 Å². The zero-order chi connectivity index (χ0) is 17.8. The molecule has 0 aliphatic carbocycles. The number of amides is 2. The summed E-state index contributed by atoms with van der Waals surface area (Å²) < 4.78 is 3.23. The number of carbonyl (C=O) groups excluding carboxylic acids is 2. The minimum atomic E-state index is -0.378. The van der Waals surface area contributed by atoms with Crippen molar-refractivity contribution in [3.8, 4) is 5.69 Å². The number of nitrogens with one attached hydrogen (secondary N) is 2. The molecule has 0 aliphatic heterocycles. The lowest BCUT2D eigenvalue weighted by Gasteiger charge is -2.06. The van der Waals surface area contributed by atoms with Crippen LogP contribution in [0.4, 0.5) is 11.5 Å². The van der Waals surface area contributed by atoms with Crippen molar-refractivity contribution in [1.29, 1.82) is 0 Å². The van der Waals surface area contributed by atoms with Gasteiger partial charge in [-0.3, -0.25) is 14.3 Å². The SMILES string of the molecule is CCn1cc(NC(=O)c2cc(NC(C)=O)n(-c3ccccc3)n2)cn1. The van der Waals surface area contributed by atoms with Crippen molar-refractivity contribution in [3.05, 3.63) is 54.5 Å². The van der Waals surface area contributed by atoms with Crippen molar-refractivity contribution in [2.45, 2.75) is 20.4 Å². The number of benzene rings is 1. The van der Waals surface area contributed by atoms with Gasteiger partial charge in [-0.1, -0.05) is 18.2 Å². The van der Waals surface area contributed by atoms with Crippen molar-refractivity contribution in [3.63, 3.8) is 0 Å². The van der Waals surface area contributed by atoms with Crippen LogP contribution in [-0.2, 0) is 11.3 Å². The Balaban J connectivity index is 1.89. The van der Waals surface area contributed by atoms with Gasteiger partial charge in [0.2, 0.25) is 5.91 Å². The number of aromatic nitrogens is 4. The molecule has 0 bridgehead atoms. The quantitative estimate of drug-likeness (QED) is 0.746. The third-order valence-corrected chi connectivity index (χ3v) is 3.46. The summed E-state index contributed by atoms with van der Waals surface area (Å²) in [4.78, 5) is 23.9. The lowest BCUT2D eigenvalue weighted by Crippen LogP contribution is -2.13. The largest absolute Gasteiger partial charge is 0.318 e. The van der Waals surface area contributed by atoms with E-state index in [0.29, 0.717) is 18.1 Å². The fourth-order valence-corrected chi connectivity index (χ4v) is 2.32. The topological polar surface area (TPSA) is 93.8 Å². The van der Waals surface area contributed by atoms with Crippen molar-refractivity contribution < 1.29 is 9.59 Å². The lowest BCUT2D eigenvalue weighted by molar-refractivity contribution is -0.114. The Kier molecular flexibility index (Phi) is 4.60. The van der Waals surface area contributed by atoms with E-state index >= 15 is 0 Å². The number of anilines is 2. The van der Waals surface area contributed by atoms with Gasteiger partial charge in [0, 0.05) is 25.7 Å². The maximum atomic E-state index is 12.5. The highest BCUT2D eigenvalue weighted by atomic mass is 16.2. The molecule has 2 aromatic heterocycles. The highest BCUT2D eigenvalue weighted by Gasteiger charge is 2.17. The molecule has 0 saturated carbocycles. The Labute approximate surface area is 144 Å². The first-order valence-corrected chi connectivity index (χ1v) is 7.83. The summed E-state index contributed by atoms with van der Waals surface area (Å²) >= 11 is 0. The van der Waals surface area contributed by atoms with Gasteiger partial charge >= 0.3 is 0 Å². The Morgan fingerprint density at radius 1 is 1.16 bits per heavy atom. The molecule has 3 aromatic rings. The maximum absolute atomic E-state index is 12.5. The first kappa shape index (κ1) is 16.4. The van der Waals surface area contributed by atoms with Crippen LogP contribution in [0.5, 0.6) is 0 Å². The molecule has 8 heteroatoms. The minimum Gasteiger partial charge on any atom is -0.318 e. The van der Waals surface area contributed by atoms with Gasteiger partial charge in [0.05, 0.1) is 17.6 Å². The molecule has 0 aliphatic rings. The van der Waals surface area contributed by atoms with Crippen LogP contribution in [0.15, 0.2) is 48.8 Å². The summed E-state index contributed by atoms with van der Waals surface area (Å²) in [5.41, 5.74) is 1.52. The fourth-order valence-electron chi connectivity index (χ4n) is 2.32. The first-order chi connectivity index (χ1) is 12.1. The molecular weight excluding hydrogens is 320 g/mol. The number of hydrogen-bond donors (Lipinski definition) is 2. The van der Waals surface area contributed by atoms with Gasteiger partial charge in [-0.05, 0) is 19.1 Å². The smallest absolute Gasteiger partial charge is 0.276 e. The van der Waals surface area contributed by atoms with Gasteiger partial charge in [-0.15, -0.1) is 0 Å². The van der Waals surface area contributed by atoms with E-state index in [0.717, 1.165) is 5.69 Å². The van der Waals surface area contributed by atoms with E-state index in [-0.39, 0.29) is 17.5 Å². The Morgan fingerprint density at radius 2 is 1.92 bits per heavy atom. The number of para-hydroxylation sites is 1. The standard InChI is InChI=1S/C17H18N6O2/c1-3-22-11-13(10-18-22)20-17(25)15-9-16(19-12(2)24)23(21-15)14-7-5-4-6-8-14/h4-11H,3H2,1-2H3,(H,19,24)(H,20,25). The monoisotopic (exact) mass is 338 g/mol. The molecule has 2 amide bonds. The van der Waals surface area contributed by atoms with Crippen molar-refractivity contribution in [2.75, 3.05) is 10.6 Å². The Hall–Kier alpha value is -3.42. The molecule has 0 unspecified atom stereocenters. The molecule has 3 rings (SSSR count). The average Bonchev–Trinajstić information content (AvgIpc) is 3.22. The molecule has 0 fully saturated rings. The zero-order valence-electron chi connectivity index (χ0n) is 13.9. The fraction of sp³-hybridized carbons (Fsp3) is 0.176. The highest BCUT2D eigenvalue weighted by molar-refractivity contribution is 6.03. The summed E-state index contributed by atoms with van der Waals surface area (Å²) in [6.45, 7) is 4.08. The van der Waals surface area contributed by atoms with Crippen molar-refractivity contribution >= 4 is 23.3 Å². The predicted octanol–water partition coefficient (Wildman–Crippen LogP) is 2.30. The molecule has 0 saturated heterocycles. The van der Waals surface area contributed by atoms with Crippen LogP contribution >= 0.6 is 0 Å². The van der Waals surface area contributed by atoms with Crippen LogP contribution in [0, 0.1) is 0 Å². The maximum Gasteiger partial charge on any atom is 0.276 e. The van der Waals surface area contributed by atoms with Gasteiger partial charge in [-0.25, -0.2) is 4.68 Å². The van der Waals surface area contributed by atoms with Crippen LogP contribution in [0.2, 0.25) is 0 Å². The molecule has 8 nitrogen and oxygen atoms in total. The van der Waals surface area contributed by atoms with Gasteiger partial charge < -0.3 is 10.6 Å². The van der Waals surface area contributed by atoms with Gasteiger partial charge in [0.15, 0.2) is 5.69 Å². The number of nitrogens with zero attached hydrogens (tertiary/aromatic N) is 4. The molecule has 2 N–H and O–H groups in total. The average molecular weight is 338 g/mol. The van der Waals surface area contributed by atoms with E-state index in [4.69, 9.17) is 0 Å². The third kappa shape index (κ3) is 3.74. The second kappa shape index (κ2) is 7.00. The molecule has 1 aromatic carbocycles. The molecule has 128 valence electrons. The van der Waals surface area contributed by atoms with E-state index in [1.165, 1.54) is 17.7 Å². The first-order valence-electron chi connectivity index (χ1n) is 7.83. The molecule has 2 heterocycles. The highest BCUT2D eigenvalue weighted by Crippen LogP contribution is 2.18. The molecule has 0 atom stereocenters. The van der Waals surface area contributed by atoms with Crippen LogP contribution in [0.3, 0.4) is 0 Å². The summed E-state index contributed by atoms with van der Waals surface area (Å²) in [6.07, 6.45) is 3.31. The summed E-state index contributed by atoms with van der Waals surface area (Å²) in [6, 6.07) is 10.8. The van der Waals surface area contributed by atoms with Crippen LogP contribution in [-0.4, -0.2) is 31.4 Å². The molecule has 0 radical (unpaired) electrons. The Bertz CT molecular complexity index is 897. The van der Waals surface area contributed by atoms with Crippen molar-refractivity contribution in [1.82, 2.24) is 19.6 Å². The minimum absolute atomic E-state index is 0.192.